The number of rotatable bonds is 3. The summed E-state index contributed by atoms with van der Waals surface area (Å²) in [6.45, 7) is 2.98. The molecule has 16 heavy (non-hydrogen) atoms. The van der Waals surface area contributed by atoms with Gasteiger partial charge in [0.25, 0.3) is 0 Å². The Bertz CT molecular complexity index is 494. The van der Waals surface area contributed by atoms with Crippen LogP contribution in [0.2, 0.25) is 0 Å². The highest BCUT2D eigenvalue weighted by Crippen LogP contribution is 2.24. The molecule has 0 aliphatic heterocycles. The zero-order valence-corrected chi connectivity index (χ0v) is 12.7. The summed E-state index contributed by atoms with van der Waals surface area (Å²) in [5.41, 5.74) is 2.44. The first kappa shape index (κ1) is 12.1. The first-order valence-corrected chi connectivity index (χ1v) is 7.29. The Balaban J connectivity index is 2.04. The number of benzene rings is 1. The van der Waals surface area contributed by atoms with Gasteiger partial charge in [-0.15, -0.1) is 11.3 Å². The summed E-state index contributed by atoms with van der Waals surface area (Å²) in [7, 11) is 0. The molecule has 2 aromatic rings. The van der Waals surface area contributed by atoms with Gasteiger partial charge in [0.15, 0.2) is 0 Å². The minimum absolute atomic E-state index is 0.874. The van der Waals surface area contributed by atoms with E-state index in [4.69, 9.17) is 0 Å². The van der Waals surface area contributed by atoms with Gasteiger partial charge >= 0.3 is 0 Å². The van der Waals surface area contributed by atoms with Crippen LogP contribution in [0, 0.1) is 6.92 Å². The number of halogens is 2. The molecule has 0 saturated heterocycles. The molecule has 1 aromatic carbocycles. The van der Waals surface area contributed by atoms with Crippen LogP contribution in [0.4, 0.5) is 5.69 Å². The second kappa shape index (κ2) is 5.34. The molecule has 0 amide bonds. The van der Waals surface area contributed by atoms with Gasteiger partial charge in [0.2, 0.25) is 0 Å². The lowest BCUT2D eigenvalue weighted by molar-refractivity contribution is 1.18. The Labute approximate surface area is 116 Å². The predicted octanol–water partition coefficient (Wildman–Crippen LogP) is 5.19. The average molecular weight is 361 g/mol. The van der Waals surface area contributed by atoms with Gasteiger partial charge in [-0.25, -0.2) is 0 Å². The predicted molar refractivity (Wildman–Crippen MR) is 78.2 cm³/mol. The Morgan fingerprint density at radius 1 is 1.19 bits per heavy atom. The molecule has 0 aliphatic rings. The molecule has 0 radical (unpaired) electrons. The normalized spacial score (nSPS) is 10.4. The van der Waals surface area contributed by atoms with Crippen LogP contribution in [0.1, 0.15) is 10.4 Å². The lowest BCUT2D eigenvalue weighted by atomic mass is 10.2. The largest absolute Gasteiger partial charge is 0.380 e. The highest BCUT2D eigenvalue weighted by Gasteiger charge is 2.00. The number of nitrogens with one attached hydrogen (secondary N) is 1. The molecule has 4 heteroatoms. The molecule has 0 aliphatic carbocycles. The molecule has 0 spiro atoms. The van der Waals surface area contributed by atoms with Crippen LogP contribution in [0.5, 0.6) is 0 Å². The Hall–Kier alpha value is -0.320. The molecule has 1 aromatic heterocycles. The van der Waals surface area contributed by atoms with Crippen molar-refractivity contribution in [1.29, 1.82) is 0 Å². The molecule has 0 atom stereocenters. The molecule has 2 rings (SSSR count). The summed E-state index contributed by atoms with van der Waals surface area (Å²) in [6.07, 6.45) is 0. The van der Waals surface area contributed by atoms with E-state index in [1.54, 1.807) is 11.3 Å². The van der Waals surface area contributed by atoms with Gasteiger partial charge < -0.3 is 5.32 Å². The molecule has 0 saturated carbocycles. The molecular formula is C12H11Br2NS. The van der Waals surface area contributed by atoms with Crippen LogP contribution in [-0.4, -0.2) is 0 Å². The molecule has 1 nitrogen and oxygen atoms in total. The van der Waals surface area contributed by atoms with Crippen molar-refractivity contribution in [3.8, 4) is 0 Å². The topological polar surface area (TPSA) is 12.0 Å². The van der Waals surface area contributed by atoms with E-state index < -0.39 is 0 Å². The van der Waals surface area contributed by atoms with Gasteiger partial charge in [-0.2, -0.15) is 0 Å². The van der Waals surface area contributed by atoms with E-state index in [9.17, 15) is 0 Å². The minimum Gasteiger partial charge on any atom is -0.380 e. The van der Waals surface area contributed by atoms with Gasteiger partial charge in [0, 0.05) is 21.6 Å². The SMILES string of the molecule is Cc1cc(Br)ccc1NCc1ccc(Br)s1. The monoisotopic (exact) mass is 359 g/mol. The highest BCUT2D eigenvalue weighted by molar-refractivity contribution is 9.11. The van der Waals surface area contributed by atoms with Crippen LogP contribution in [-0.2, 0) is 6.54 Å². The summed E-state index contributed by atoms with van der Waals surface area (Å²) in [6, 6.07) is 10.5. The van der Waals surface area contributed by atoms with E-state index in [1.807, 2.05) is 0 Å². The van der Waals surface area contributed by atoms with E-state index in [0.717, 1.165) is 11.0 Å². The second-order valence-electron chi connectivity index (χ2n) is 3.52. The van der Waals surface area contributed by atoms with Crippen molar-refractivity contribution < 1.29 is 0 Å². The van der Waals surface area contributed by atoms with Crippen molar-refractivity contribution >= 4 is 48.9 Å². The van der Waals surface area contributed by atoms with Crippen LogP contribution in [0.3, 0.4) is 0 Å². The zero-order chi connectivity index (χ0) is 11.5. The minimum atomic E-state index is 0.874. The molecule has 1 heterocycles. The van der Waals surface area contributed by atoms with Gasteiger partial charge in [-0.1, -0.05) is 15.9 Å². The maximum Gasteiger partial charge on any atom is 0.0702 e. The zero-order valence-electron chi connectivity index (χ0n) is 8.76. The summed E-state index contributed by atoms with van der Waals surface area (Å²) in [4.78, 5) is 1.33. The fourth-order valence-corrected chi connectivity index (χ4v) is 3.35. The van der Waals surface area contributed by atoms with Crippen LogP contribution >= 0.6 is 43.2 Å². The van der Waals surface area contributed by atoms with Crippen molar-refractivity contribution in [2.75, 3.05) is 5.32 Å². The third-order valence-electron chi connectivity index (χ3n) is 2.27. The maximum absolute atomic E-state index is 3.47. The van der Waals surface area contributed by atoms with E-state index in [2.05, 4.69) is 74.4 Å². The molecule has 84 valence electrons. The van der Waals surface area contributed by atoms with Crippen LogP contribution < -0.4 is 5.32 Å². The Morgan fingerprint density at radius 3 is 2.62 bits per heavy atom. The quantitative estimate of drug-likeness (QED) is 0.793. The molecule has 0 unspecified atom stereocenters. The number of hydrogen-bond donors (Lipinski definition) is 1. The van der Waals surface area contributed by atoms with Crippen LogP contribution in [0.15, 0.2) is 38.6 Å². The van der Waals surface area contributed by atoms with Crippen molar-refractivity contribution in [3.05, 3.63) is 49.0 Å². The summed E-state index contributed by atoms with van der Waals surface area (Å²) in [5.74, 6) is 0. The Kier molecular flexibility index (Phi) is 4.05. The number of hydrogen-bond acceptors (Lipinski definition) is 2. The summed E-state index contributed by atoms with van der Waals surface area (Å²) >= 11 is 8.69. The van der Waals surface area contributed by atoms with Crippen LogP contribution in [0.25, 0.3) is 0 Å². The average Bonchev–Trinajstić information content (AvgIpc) is 2.63. The van der Waals surface area contributed by atoms with E-state index in [-0.39, 0.29) is 0 Å². The summed E-state index contributed by atoms with van der Waals surface area (Å²) < 4.78 is 2.30. The van der Waals surface area contributed by atoms with Gasteiger partial charge in [0.05, 0.1) is 3.79 Å². The fourth-order valence-electron chi connectivity index (χ4n) is 1.45. The highest BCUT2D eigenvalue weighted by atomic mass is 79.9. The summed E-state index contributed by atoms with van der Waals surface area (Å²) in [5, 5.41) is 3.44. The number of thiophene rings is 1. The standard InChI is InChI=1S/C12H11Br2NS/c1-8-6-9(13)2-4-11(8)15-7-10-3-5-12(14)16-10/h2-6,15H,7H2,1H3. The van der Waals surface area contributed by atoms with E-state index in [0.29, 0.717) is 0 Å². The molecule has 1 N–H and O–H groups in total. The first-order chi connectivity index (χ1) is 7.65. The number of aryl methyl sites for hydroxylation is 1. The van der Waals surface area contributed by atoms with Gasteiger partial charge in [-0.3, -0.25) is 0 Å². The van der Waals surface area contributed by atoms with Crippen molar-refractivity contribution in [2.45, 2.75) is 13.5 Å². The van der Waals surface area contributed by atoms with E-state index in [1.165, 1.54) is 19.9 Å². The Morgan fingerprint density at radius 2 is 2.00 bits per heavy atom. The third kappa shape index (κ3) is 3.09. The molecular weight excluding hydrogens is 350 g/mol. The number of anilines is 1. The second-order valence-corrected chi connectivity index (χ2v) is 6.98. The van der Waals surface area contributed by atoms with Crippen molar-refractivity contribution in [1.82, 2.24) is 0 Å². The molecule has 0 fully saturated rings. The van der Waals surface area contributed by atoms with Crippen molar-refractivity contribution in [3.63, 3.8) is 0 Å². The maximum atomic E-state index is 3.47. The lowest BCUT2D eigenvalue weighted by Crippen LogP contribution is -1.98. The van der Waals surface area contributed by atoms with E-state index >= 15 is 0 Å². The van der Waals surface area contributed by atoms with Crippen molar-refractivity contribution in [2.24, 2.45) is 0 Å². The van der Waals surface area contributed by atoms with Gasteiger partial charge in [0.1, 0.15) is 0 Å². The smallest absolute Gasteiger partial charge is 0.0702 e. The molecule has 0 bridgehead atoms. The van der Waals surface area contributed by atoms with Gasteiger partial charge in [-0.05, 0) is 58.7 Å². The lowest BCUT2D eigenvalue weighted by Gasteiger charge is -2.08. The third-order valence-corrected chi connectivity index (χ3v) is 4.39. The fraction of sp³-hybridized carbons (Fsp3) is 0.167. The first-order valence-electron chi connectivity index (χ1n) is 4.89.